The van der Waals surface area contributed by atoms with E-state index in [2.05, 4.69) is 5.32 Å². The van der Waals surface area contributed by atoms with Crippen molar-refractivity contribution in [1.82, 2.24) is 5.32 Å². The zero-order valence-electron chi connectivity index (χ0n) is 15.1. The van der Waals surface area contributed by atoms with E-state index in [1.807, 2.05) is 42.5 Å². The molecule has 0 aliphatic rings. The van der Waals surface area contributed by atoms with Crippen LogP contribution in [0.1, 0.15) is 30.0 Å². The van der Waals surface area contributed by atoms with Gasteiger partial charge in [-0.05, 0) is 46.9 Å². The number of rotatable bonds is 6. The molecule has 0 amide bonds. The van der Waals surface area contributed by atoms with Crippen molar-refractivity contribution in [1.29, 1.82) is 0 Å². The third-order valence-corrected chi connectivity index (χ3v) is 4.87. The highest BCUT2D eigenvalue weighted by molar-refractivity contribution is 5.85. The summed E-state index contributed by atoms with van der Waals surface area (Å²) in [5.74, 6) is 0. The molecule has 0 aromatic heterocycles. The van der Waals surface area contributed by atoms with Gasteiger partial charge in [0.2, 0.25) is 0 Å². The molecule has 0 aliphatic heterocycles. The molecular weight excluding hydrogens is 351 g/mol. The molecule has 2 N–H and O–H groups in total. The minimum absolute atomic E-state index is 0.220. The maximum Gasteiger partial charge on any atom is 0.416 e. The second kappa shape index (κ2) is 7.71. The third kappa shape index (κ3) is 4.31. The van der Waals surface area contributed by atoms with Crippen molar-refractivity contribution in [3.8, 4) is 0 Å². The van der Waals surface area contributed by atoms with E-state index in [1.54, 1.807) is 6.92 Å². The van der Waals surface area contributed by atoms with Gasteiger partial charge in [-0.3, -0.25) is 5.32 Å². The summed E-state index contributed by atoms with van der Waals surface area (Å²) in [6.45, 7) is 2.18. The van der Waals surface area contributed by atoms with Crippen molar-refractivity contribution in [2.24, 2.45) is 0 Å². The Labute approximate surface area is 156 Å². The van der Waals surface area contributed by atoms with E-state index in [0.29, 0.717) is 13.0 Å². The lowest BCUT2D eigenvalue weighted by atomic mass is 9.97. The topological polar surface area (TPSA) is 32.3 Å². The van der Waals surface area contributed by atoms with Gasteiger partial charge in [0.05, 0.1) is 5.56 Å². The summed E-state index contributed by atoms with van der Waals surface area (Å²) in [7, 11) is 0. The van der Waals surface area contributed by atoms with E-state index in [1.165, 1.54) is 12.1 Å². The van der Waals surface area contributed by atoms with Crippen LogP contribution in [-0.2, 0) is 18.3 Å². The maximum atomic E-state index is 13.0. The van der Waals surface area contributed by atoms with Crippen molar-refractivity contribution in [3.05, 3.63) is 83.4 Å². The van der Waals surface area contributed by atoms with Gasteiger partial charge >= 0.3 is 6.18 Å². The molecule has 0 spiro atoms. The number of halogens is 3. The Bertz CT molecular complexity index is 917. The zero-order chi connectivity index (χ0) is 19.5. The van der Waals surface area contributed by atoms with Crippen LogP contribution in [0.5, 0.6) is 0 Å². The van der Waals surface area contributed by atoms with Crippen LogP contribution in [-0.4, -0.2) is 11.7 Å². The first-order valence-corrected chi connectivity index (χ1v) is 8.95. The van der Waals surface area contributed by atoms with E-state index in [0.717, 1.165) is 28.5 Å². The van der Waals surface area contributed by atoms with Crippen LogP contribution in [0.3, 0.4) is 0 Å². The SMILES string of the molecule is CC[C@@](O)(NCCc1cccc2ccccc12)c1cccc(C(F)(F)F)c1. The summed E-state index contributed by atoms with van der Waals surface area (Å²) < 4.78 is 38.9. The van der Waals surface area contributed by atoms with Gasteiger partial charge in [-0.25, -0.2) is 0 Å². The van der Waals surface area contributed by atoms with Crippen molar-refractivity contribution in [2.75, 3.05) is 6.54 Å². The van der Waals surface area contributed by atoms with E-state index < -0.39 is 17.5 Å². The third-order valence-electron chi connectivity index (χ3n) is 4.87. The van der Waals surface area contributed by atoms with Crippen LogP contribution in [0.2, 0.25) is 0 Å². The van der Waals surface area contributed by atoms with E-state index in [-0.39, 0.29) is 12.0 Å². The molecule has 1 atom stereocenters. The van der Waals surface area contributed by atoms with Crippen molar-refractivity contribution in [3.63, 3.8) is 0 Å². The summed E-state index contributed by atoms with van der Waals surface area (Å²) in [5.41, 5.74) is -0.921. The van der Waals surface area contributed by atoms with E-state index in [9.17, 15) is 18.3 Å². The standard InChI is InChI=1S/C22H22F3NO/c1-2-21(27,18-10-6-11-19(15-18)22(23,24)25)26-14-13-17-9-5-8-16-7-3-4-12-20(16)17/h3-12,15,26-27H,2,13-14H2,1H3/t21-/m0/s1. The summed E-state index contributed by atoms with van der Waals surface area (Å²) in [6.07, 6.45) is -3.53. The lowest BCUT2D eigenvalue weighted by molar-refractivity contribution is -0.137. The maximum absolute atomic E-state index is 13.0. The summed E-state index contributed by atoms with van der Waals surface area (Å²) in [5, 5.41) is 16.2. The number of hydrogen-bond acceptors (Lipinski definition) is 2. The number of alkyl halides is 3. The van der Waals surface area contributed by atoms with Gasteiger partial charge in [-0.15, -0.1) is 0 Å². The average Bonchev–Trinajstić information content (AvgIpc) is 2.67. The molecule has 0 bridgehead atoms. The van der Waals surface area contributed by atoms with E-state index >= 15 is 0 Å². The molecule has 0 heterocycles. The molecule has 0 radical (unpaired) electrons. The molecular formula is C22H22F3NO. The van der Waals surface area contributed by atoms with Crippen LogP contribution in [0, 0.1) is 0 Å². The minimum Gasteiger partial charge on any atom is -0.372 e. The molecule has 0 saturated carbocycles. The number of nitrogens with one attached hydrogen (secondary N) is 1. The Hall–Kier alpha value is -2.37. The van der Waals surface area contributed by atoms with Gasteiger partial charge < -0.3 is 5.11 Å². The van der Waals surface area contributed by atoms with Crippen LogP contribution in [0.25, 0.3) is 10.8 Å². The Morgan fingerprint density at radius 3 is 2.30 bits per heavy atom. The molecule has 0 fully saturated rings. The van der Waals surface area contributed by atoms with Crippen LogP contribution >= 0.6 is 0 Å². The predicted molar refractivity (Wildman–Crippen MR) is 101 cm³/mol. The van der Waals surface area contributed by atoms with Gasteiger partial charge in [-0.1, -0.05) is 61.5 Å². The molecule has 3 aromatic rings. The number of aliphatic hydroxyl groups is 1. The zero-order valence-corrected chi connectivity index (χ0v) is 15.1. The monoisotopic (exact) mass is 373 g/mol. The molecule has 0 unspecified atom stereocenters. The highest BCUT2D eigenvalue weighted by atomic mass is 19.4. The smallest absolute Gasteiger partial charge is 0.372 e. The summed E-state index contributed by atoms with van der Waals surface area (Å²) >= 11 is 0. The number of hydrogen-bond donors (Lipinski definition) is 2. The quantitative estimate of drug-likeness (QED) is 0.579. The van der Waals surface area contributed by atoms with E-state index in [4.69, 9.17) is 0 Å². The van der Waals surface area contributed by atoms with Gasteiger partial charge in [-0.2, -0.15) is 13.2 Å². The molecule has 142 valence electrons. The average molecular weight is 373 g/mol. The Morgan fingerprint density at radius 2 is 1.56 bits per heavy atom. The van der Waals surface area contributed by atoms with Crippen molar-refractivity contribution >= 4 is 10.8 Å². The fraction of sp³-hybridized carbons (Fsp3) is 0.273. The fourth-order valence-electron chi connectivity index (χ4n) is 3.30. The molecule has 2 nitrogen and oxygen atoms in total. The normalized spacial score (nSPS) is 14.3. The predicted octanol–water partition coefficient (Wildman–Crippen LogP) is 5.25. The number of fused-ring (bicyclic) bond motifs is 1. The largest absolute Gasteiger partial charge is 0.416 e. The number of benzene rings is 3. The molecule has 3 rings (SSSR count). The minimum atomic E-state index is -4.44. The Morgan fingerprint density at radius 1 is 0.889 bits per heavy atom. The lowest BCUT2D eigenvalue weighted by Crippen LogP contribution is -2.43. The molecule has 3 aromatic carbocycles. The second-order valence-corrected chi connectivity index (χ2v) is 6.61. The fourth-order valence-corrected chi connectivity index (χ4v) is 3.30. The van der Waals surface area contributed by atoms with Crippen molar-refractivity contribution < 1.29 is 18.3 Å². The molecule has 5 heteroatoms. The van der Waals surface area contributed by atoms with Gasteiger partial charge in [0.25, 0.3) is 0 Å². The Kier molecular flexibility index (Phi) is 5.53. The van der Waals surface area contributed by atoms with Crippen LogP contribution in [0.15, 0.2) is 66.7 Å². The Balaban J connectivity index is 1.77. The first-order valence-electron chi connectivity index (χ1n) is 8.95. The van der Waals surface area contributed by atoms with Gasteiger partial charge in [0.1, 0.15) is 5.72 Å². The van der Waals surface area contributed by atoms with Crippen LogP contribution < -0.4 is 5.32 Å². The molecule has 0 saturated heterocycles. The second-order valence-electron chi connectivity index (χ2n) is 6.61. The molecule has 0 aliphatic carbocycles. The summed E-state index contributed by atoms with van der Waals surface area (Å²) in [6, 6.07) is 18.9. The van der Waals surface area contributed by atoms with Crippen LogP contribution in [0.4, 0.5) is 13.2 Å². The highest BCUT2D eigenvalue weighted by Gasteiger charge is 2.33. The first kappa shape index (κ1) is 19.4. The van der Waals surface area contributed by atoms with Crippen molar-refractivity contribution in [2.45, 2.75) is 31.7 Å². The van der Waals surface area contributed by atoms with Gasteiger partial charge in [0.15, 0.2) is 0 Å². The highest BCUT2D eigenvalue weighted by Crippen LogP contribution is 2.32. The molecule has 27 heavy (non-hydrogen) atoms. The first-order chi connectivity index (χ1) is 12.8. The lowest BCUT2D eigenvalue weighted by Gasteiger charge is -2.29. The summed E-state index contributed by atoms with van der Waals surface area (Å²) in [4.78, 5) is 0. The van der Waals surface area contributed by atoms with Gasteiger partial charge in [0, 0.05) is 6.54 Å².